The van der Waals surface area contributed by atoms with E-state index in [9.17, 15) is 14.4 Å². The molecule has 1 saturated heterocycles. The maximum Gasteiger partial charge on any atom is 0.222 e. The van der Waals surface area contributed by atoms with E-state index in [1.165, 1.54) is 7.11 Å². The SMILES string of the molecule is COCC(=O)CCCC(=O)N1CCN(CCC(C)=O)CC1. The third-order valence-corrected chi connectivity index (χ3v) is 3.66. The van der Waals surface area contributed by atoms with Crippen molar-refractivity contribution < 1.29 is 19.1 Å². The first-order valence-corrected chi connectivity index (χ1v) is 7.53. The van der Waals surface area contributed by atoms with Gasteiger partial charge in [-0.15, -0.1) is 0 Å². The van der Waals surface area contributed by atoms with E-state index in [1.807, 2.05) is 4.90 Å². The van der Waals surface area contributed by atoms with Crippen LogP contribution in [0.15, 0.2) is 0 Å². The Balaban J connectivity index is 2.16. The molecule has 1 aliphatic rings. The number of piperazine rings is 1. The van der Waals surface area contributed by atoms with Crippen LogP contribution in [0, 0.1) is 0 Å². The second kappa shape index (κ2) is 9.63. The molecule has 0 aromatic carbocycles. The largest absolute Gasteiger partial charge is 0.377 e. The quantitative estimate of drug-likeness (QED) is 0.620. The van der Waals surface area contributed by atoms with Crippen molar-refractivity contribution >= 4 is 17.5 Å². The summed E-state index contributed by atoms with van der Waals surface area (Å²) in [5.74, 6) is 0.361. The molecule has 0 radical (unpaired) electrons. The molecular weight excluding hydrogens is 272 g/mol. The third-order valence-electron chi connectivity index (χ3n) is 3.66. The van der Waals surface area contributed by atoms with Crippen LogP contribution in [0.3, 0.4) is 0 Å². The number of methoxy groups -OCH3 is 1. The monoisotopic (exact) mass is 298 g/mol. The summed E-state index contributed by atoms with van der Waals surface area (Å²) >= 11 is 0. The second-order valence-electron chi connectivity index (χ2n) is 5.50. The highest BCUT2D eigenvalue weighted by Crippen LogP contribution is 2.07. The maximum atomic E-state index is 12.0. The van der Waals surface area contributed by atoms with E-state index < -0.39 is 0 Å². The summed E-state index contributed by atoms with van der Waals surface area (Å²) in [6, 6.07) is 0. The molecule has 0 atom stereocenters. The van der Waals surface area contributed by atoms with E-state index in [0.29, 0.717) is 38.8 Å². The van der Waals surface area contributed by atoms with Crippen molar-refractivity contribution in [3.05, 3.63) is 0 Å². The van der Waals surface area contributed by atoms with Gasteiger partial charge in [-0.3, -0.25) is 19.3 Å². The molecule has 0 N–H and O–H groups in total. The summed E-state index contributed by atoms with van der Waals surface area (Å²) in [5.41, 5.74) is 0. The molecule has 1 fully saturated rings. The molecule has 0 saturated carbocycles. The van der Waals surface area contributed by atoms with Gasteiger partial charge in [-0.05, 0) is 13.3 Å². The van der Waals surface area contributed by atoms with E-state index in [2.05, 4.69) is 4.90 Å². The van der Waals surface area contributed by atoms with Crippen LogP contribution in [0.5, 0.6) is 0 Å². The molecule has 0 aromatic rings. The number of carbonyl (C=O) groups excluding carboxylic acids is 3. The molecule has 0 bridgehead atoms. The topological polar surface area (TPSA) is 66.9 Å². The second-order valence-corrected chi connectivity index (χ2v) is 5.50. The summed E-state index contributed by atoms with van der Waals surface area (Å²) in [4.78, 5) is 38.3. The van der Waals surface area contributed by atoms with E-state index in [-0.39, 0.29) is 24.1 Å². The third kappa shape index (κ3) is 7.34. The minimum absolute atomic E-state index is 0.0411. The summed E-state index contributed by atoms with van der Waals surface area (Å²) in [6.07, 6.45) is 1.99. The van der Waals surface area contributed by atoms with Crippen molar-refractivity contribution in [1.29, 1.82) is 0 Å². The van der Waals surface area contributed by atoms with Gasteiger partial charge in [-0.2, -0.15) is 0 Å². The Bertz CT molecular complexity index is 363. The van der Waals surface area contributed by atoms with E-state index in [4.69, 9.17) is 4.74 Å². The molecule has 0 spiro atoms. The summed E-state index contributed by atoms with van der Waals surface area (Å²) in [7, 11) is 1.49. The molecule has 21 heavy (non-hydrogen) atoms. The number of rotatable bonds is 9. The zero-order valence-electron chi connectivity index (χ0n) is 13.1. The lowest BCUT2D eigenvalue weighted by molar-refractivity contribution is -0.133. The molecule has 1 aliphatic heterocycles. The number of ketones is 2. The first-order chi connectivity index (χ1) is 10.0. The van der Waals surface area contributed by atoms with Crippen molar-refractivity contribution in [3.63, 3.8) is 0 Å². The zero-order chi connectivity index (χ0) is 15.7. The Labute approximate surface area is 126 Å². The zero-order valence-corrected chi connectivity index (χ0v) is 13.1. The van der Waals surface area contributed by atoms with Crippen LogP contribution in [0.2, 0.25) is 0 Å². The number of hydrogen-bond donors (Lipinski definition) is 0. The van der Waals surface area contributed by atoms with Crippen LogP contribution in [-0.4, -0.2) is 73.7 Å². The van der Waals surface area contributed by atoms with Gasteiger partial charge in [0.15, 0.2) is 5.78 Å². The normalized spacial score (nSPS) is 16.0. The van der Waals surface area contributed by atoms with Crippen molar-refractivity contribution in [2.45, 2.75) is 32.6 Å². The van der Waals surface area contributed by atoms with Crippen molar-refractivity contribution in [3.8, 4) is 0 Å². The van der Waals surface area contributed by atoms with Crippen LogP contribution in [0.1, 0.15) is 32.6 Å². The van der Waals surface area contributed by atoms with Crippen molar-refractivity contribution in [2.24, 2.45) is 0 Å². The molecule has 1 heterocycles. The van der Waals surface area contributed by atoms with E-state index in [0.717, 1.165) is 19.6 Å². The first kappa shape index (κ1) is 17.8. The molecule has 1 rings (SSSR count). The van der Waals surface area contributed by atoms with Gasteiger partial charge >= 0.3 is 0 Å². The predicted octanol–water partition coefficient (Wildman–Crippen LogP) is 0.496. The highest BCUT2D eigenvalue weighted by molar-refractivity contribution is 5.81. The number of carbonyl (C=O) groups is 3. The molecule has 0 aromatic heterocycles. The first-order valence-electron chi connectivity index (χ1n) is 7.53. The average Bonchev–Trinajstić information content (AvgIpc) is 2.45. The molecule has 6 nitrogen and oxygen atoms in total. The van der Waals surface area contributed by atoms with E-state index in [1.54, 1.807) is 6.92 Å². The smallest absolute Gasteiger partial charge is 0.222 e. The Morgan fingerprint density at radius 2 is 1.67 bits per heavy atom. The molecule has 6 heteroatoms. The molecule has 120 valence electrons. The summed E-state index contributed by atoms with van der Waals surface area (Å²) in [6.45, 7) is 5.57. The predicted molar refractivity (Wildman–Crippen MR) is 79.1 cm³/mol. The van der Waals surface area contributed by atoms with Crippen molar-refractivity contribution in [1.82, 2.24) is 9.80 Å². The maximum absolute atomic E-state index is 12.0. The standard InChI is InChI=1S/C15H26N2O4/c1-13(18)6-7-16-8-10-17(11-9-16)15(20)5-3-4-14(19)12-21-2/h3-12H2,1-2H3. The Hall–Kier alpha value is -1.27. The highest BCUT2D eigenvalue weighted by Gasteiger charge is 2.20. The Morgan fingerprint density at radius 1 is 1.00 bits per heavy atom. The van der Waals surface area contributed by atoms with Gasteiger partial charge in [0.1, 0.15) is 12.4 Å². The van der Waals surface area contributed by atoms with Crippen LogP contribution in [0.4, 0.5) is 0 Å². The van der Waals surface area contributed by atoms with Gasteiger partial charge in [0.05, 0.1) is 0 Å². The molecule has 0 unspecified atom stereocenters. The van der Waals surface area contributed by atoms with E-state index >= 15 is 0 Å². The molecule has 1 amide bonds. The van der Waals surface area contributed by atoms with Crippen LogP contribution < -0.4 is 0 Å². The Morgan fingerprint density at radius 3 is 2.24 bits per heavy atom. The average molecular weight is 298 g/mol. The number of nitrogens with zero attached hydrogens (tertiary/aromatic N) is 2. The lowest BCUT2D eigenvalue weighted by atomic mass is 10.1. The number of amides is 1. The number of ether oxygens (including phenoxy) is 1. The summed E-state index contributed by atoms with van der Waals surface area (Å²) in [5, 5.41) is 0. The fourth-order valence-electron chi connectivity index (χ4n) is 2.36. The fourth-order valence-corrected chi connectivity index (χ4v) is 2.36. The number of hydrogen-bond acceptors (Lipinski definition) is 5. The van der Waals surface area contributed by atoms with Gasteiger partial charge in [-0.25, -0.2) is 0 Å². The fraction of sp³-hybridized carbons (Fsp3) is 0.800. The van der Waals surface area contributed by atoms with Crippen molar-refractivity contribution in [2.75, 3.05) is 46.4 Å². The number of Topliss-reactive ketones (excluding diaryl/α,β-unsaturated/α-hetero) is 2. The lowest BCUT2D eigenvalue weighted by Gasteiger charge is -2.34. The molecular formula is C15H26N2O4. The van der Waals surface area contributed by atoms with Gasteiger partial charge < -0.3 is 9.64 Å². The summed E-state index contributed by atoms with van der Waals surface area (Å²) < 4.78 is 4.75. The lowest BCUT2D eigenvalue weighted by Crippen LogP contribution is -2.49. The highest BCUT2D eigenvalue weighted by atomic mass is 16.5. The van der Waals surface area contributed by atoms with Crippen LogP contribution >= 0.6 is 0 Å². The molecule has 0 aliphatic carbocycles. The van der Waals surface area contributed by atoms with Gasteiger partial charge in [0.25, 0.3) is 0 Å². The van der Waals surface area contributed by atoms with Gasteiger partial charge in [-0.1, -0.05) is 0 Å². The van der Waals surface area contributed by atoms with Gasteiger partial charge in [0.2, 0.25) is 5.91 Å². The van der Waals surface area contributed by atoms with Gasteiger partial charge in [0, 0.05) is 59.1 Å². The Kier molecular flexibility index (Phi) is 8.15. The minimum atomic E-state index is 0.0411. The van der Waals surface area contributed by atoms with Crippen LogP contribution in [-0.2, 0) is 19.1 Å². The van der Waals surface area contributed by atoms with Crippen LogP contribution in [0.25, 0.3) is 0 Å². The minimum Gasteiger partial charge on any atom is -0.377 e.